The van der Waals surface area contributed by atoms with Gasteiger partial charge in [0, 0.05) is 19.3 Å². The molecule has 0 aliphatic heterocycles. The minimum atomic E-state index is -0.760. The molecule has 0 aromatic carbocycles. The van der Waals surface area contributed by atoms with Crippen molar-refractivity contribution < 1.29 is 28.6 Å². The summed E-state index contributed by atoms with van der Waals surface area (Å²) >= 11 is 0. The first-order valence-electron chi connectivity index (χ1n) is 28.4. The summed E-state index contributed by atoms with van der Waals surface area (Å²) in [5.74, 6) is 0.0709. The summed E-state index contributed by atoms with van der Waals surface area (Å²) < 4.78 is 16.8. The molecule has 0 aliphatic rings. The van der Waals surface area contributed by atoms with Gasteiger partial charge in [0.1, 0.15) is 13.2 Å². The van der Waals surface area contributed by atoms with E-state index in [4.69, 9.17) is 14.2 Å². The lowest BCUT2D eigenvalue weighted by Gasteiger charge is -2.18. The van der Waals surface area contributed by atoms with Crippen molar-refractivity contribution in [3.8, 4) is 0 Å². The molecule has 0 bridgehead atoms. The van der Waals surface area contributed by atoms with Gasteiger partial charge in [-0.25, -0.2) is 0 Å². The molecule has 6 heteroatoms. The standard InChI is InChI=1S/C57H110O6/c1-5-8-10-12-14-16-18-29-34-38-42-46-50-57(60)63-54(51-61-55(58)48-44-40-36-32-27-17-15-13-11-9-6-2)52-62-56(59)49-45-41-37-33-30-26-24-22-20-19-21-23-25-28-31-35-39-43-47-53(4)7-3/h53-54H,5-52H2,1-4H3/t53?,54-/m1/s1. The van der Waals surface area contributed by atoms with Crippen molar-refractivity contribution in [3.05, 3.63) is 0 Å². The Bertz CT molecular complexity index is 951. The summed E-state index contributed by atoms with van der Waals surface area (Å²) in [6.45, 7) is 9.09. The number of ether oxygens (including phenoxy) is 3. The lowest BCUT2D eigenvalue weighted by atomic mass is 9.99. The Morgan fingerprint density at radius 2 is 0.556 bits per heavy atom. The highest BCUT2D eigenvalue weighted by Crippen LogP contribution is 2.18. The van der Waals surface area contributed by atoms with E-state index in [0.717, 1.165) is 63.7 Å². The van der Waals surface area contributed by atoms with Crippen LogP contribution in [-0.2, 0) is 28.6 Å². The molecular formula is C57H110O6. The highest BCUT2D eigenvalue weighted by atomic mass is 16.6. The minimum Gasteiger partial charge on any atom is -0.462 e. The molecule has 0 N–H and O–H groups in total. The van der Waals surface area contributed by atoms with E-state index >= 15 is 0 Å². The Labute approximate surface area is 393 Å². The third-order valence-electron chi connectivity index (χ3n) is 13.4. The Morgan fingerprint density at radius 3 is 0.825 bits per heavy atom. The zero-order chi connectivity index (χ0) is 45.9. The minimum absolute atomic E-state index is 0.0620. The topological polar surface area (TPSA) is 78.9 Å². The fourth-order valence-electron chi connectivity index (χ4n) is 8.72. The normalized spacial score (nSPS) is 12.4. The summed E-state index contributed by atoms with van der Waals surface area (Å²) in [5, 5.41) is 0. The molecule has 0 saturated carbocycles. The molecule has 0 heterocycles. The molecule has 0 amide bonds. The van der Waals surface area contributed by atoms with Crippen LogP contribution in [0.5, 0.6) is 0 Å². The molecule has 0 aromatic rings. The smallest absolute Gasteiger partial charge is 0.306 e. The van der Waals surface area contributed by atoms with Crippen molar-refractivity contribution in [3.63, 3.8) is 0 Å². The molecular weight excluding hydrogens is 781 g/mol. The van der Waals surface area contributed by atoms with Crippen LogP contribution in [0.3, 0.4) is 0 Å². The number of esters is 3. The SMILES string of the molecule is CCCCCCCCCCCCCCC(=O)O[C@H](COC(=O)CCCCCCCCCCCCC)COC(=O)CCCCCCCCCCCCCCCCCCCCC(C)CC. The Morgan fingerprint density at radius 1 is 0.317 bits per heavy atom. The van der Waals surface area contributed by atoms with Gasteiger partial charge < -0.3 is 14.2 Å². The predicted molar refractivity (Wildman–Crippen MR) is 270 cm³/mol. The number of unbranched alkanes of at least 4 members (excludes halogenated alkanes) is 38. The first-order chi connectivity index (χ1) is 30.9. The largest absolute Gasteiger partial charge is 0.462 e. The summed E-state index contributed by atoms with van der Waals surface area (Å²) in [4.78, 5) is 38.0. The van der Waals surface area contributed by atoms with Crippen LogP contribution in [0, 0.1) is 5.92 Å². The molecule has 0 saturated heterocycles. The van der Waals surface area contributed by atoms with Crippen molar-refractivity contribution >= 4 is 17.9 Å². The lowest BCUT2D eigenvalue weighted by Crippen LogP contribution is -2.30. The molecule has 0 rings (SSSR count). The highest BCUT2D eigenvalue weighted by molar-refractivity contribution is 5.71. The Hall–Kier alpha value is -1.59. The van der Waals surface area contributed by atoms with Crippen molar-refractivity contribution in [2.75, 3.05) is 13.2 Å². The molecule has 0 aliphatic carbocycles. The fraction of sp³-hybridized carbons (Fsp3) is 0.947. The predicted octanol–water partition coefficient (Wildman–Crippen LogP) is 18.6. The molecule has 6 nitrogen and oxygen atoms in total. The van der Waals surface area contributed by atoms with Crippen LogP contribution in [0.4, 0.5) is 0 Å². The second-order valence-electron chi connectivity index (χ2n) is 19.8. The van der Waals surface area contributed by atoms with E-state index in [1.165, 1.54) is 218 Å². The summed E-state index contributed by atoms with van der Waals surface area (Å²) in [7, 11) is 0. The van der Waals surface area contributed by atoms with E-state index in [-0.39, 0.29) is 31.1 Å². The zero-order valence-corrected chi connectivity index (χ0v) is 43.0. The molecule has 0 radical (unpaired) electrons. The van der Waals surface area contributed by atoms with E-state index in [9.17, 15) is 14.4 Å². The summed E-state index contributed by atoms with van der Waals surface area (Å²) in [5.41, 5.74) is 0. The number of rotatable bonds is 52. The van der Waals surface area contributed by atoms with Crippen LogP contribution in [0.2, 0.25) is 0 Å². The van der Waals surface area contributed by atoms with Crippen molar-refractivity contribution in [1.82, 2.24) is 0 Å². The van der Waals surface area contributed by atoms with Crippen LogP contribution in [0.15, 0.2) is 0 Å². The second-order valence-corrected chi connectivity index (χ2v) is 19.8. The van der Waals surface area contributed by atoms with Crippen molar-refractivity contribution in [2.45, 2.75) is 329 Å². The molecule has 1 unspecified atom stereocenters. The van der Waals surface area contributed by atoms with E-state index < -0.39 is 6.10 Å². The number of hydrogen-bond acceptors (Lipinski definition) is 6. The van der Waals surface area contributed by atoms with Gasteiger partial charge in [0.2, 0.25) is 0 Å². The third kappa shape index (κ3) is 49.7. The van der Waals surface area contributed by atoms with E-state index in [1.807, 2.05) is 0 Å². The maximum absolute atomic E-state index is 12.8. The average molecular weight is 892 g/mol. The van der Waals surface area contributed by atoms with Crippen LogP contribution in [-0.4, -0.2) is 37.2 Å². The maximum atomic E-state index is 12.8. The number of hydrogen-bond donors (Lipinski definition) is 0. The number of carbonyl (C=O) groups is 3. The van der Waals surface area contributed by atoms with Crippen molar-refractivity contribution in [2.24, 2.45) is 5.92 Å². The van der Waals surface area contributed by atoms with Gasteiger partial charge in [-0.1, -0.05) is 285 Å². The summed E-state index contributed by atoms with van der Waals surface area (Å²) in [6.07, 6.45) is 55.2. The van der Waals surface area contributed by atoms with Gasteiger partial charge in [0.15, 0.2) is 6.10 Å². The second kappa shape index (κ2) is 51.4. The highest BCUT2D eigenvalue weighted by Gasteiger charge is 2.19. The summed E-state index contributed by atoms with van der Waals surface area (Å²) in [6, 6.07) is 0. The van der Waals surface area contributed by atoms with Gasteiger partial charge in [0.05, 0.1) is 0 Å². The average Bonchev–Trinajstić information content (AvgIpc) is 3.28. The monoisotopic (exact) mass is 891 g/mol. The molecule has 0 fully saturated rings. The Balaban J connectivity index is 4.18. The molecule has 0 spiro atoms. The first-order valence-corrected chi connectivity index (χ1v) is 28.4. The fourth-order valence-corrected chi connectivity index (χ4v) is 8.72. The van der Waals surface area contributed by atoms with Crippen LogP contribution >= 0.6 is 0 Å². The van der Waals surface area contributed by atoms with Crippen LogP contribution in [0.1, 0.15) is 323 Å². The number of carbonyl (C=O) groups excluding carboxylic acids is 3. The first kappa shape index (κ1) is 61.4. The molecule has 0 aromatic heterocycles. The molecule has 374 valence electrons. The van der Waals surface area contributed by atoms with Gasteiger partial charge in [-0.2, -0.15) is 0 Å². The van der Waals surface area contributed by atoms with Gasteiger partial charge in [-0.3, -0.25) is 14.4 Å². The van der Waals surface area contributed by atoms with Gasteiger partial charge in [-0.15, -0.1) is 0 Å². The van der Waals surface area contributed by atoms with E-state index in [2.05, 4.69) is 27.7 Å². The van der Waals surface area contributed by atoms with Crippen LogP contribution in [0.25, 0.3) is 0 Å². The maximum Gasteiger partial charge on any atom is 0.306 e. The van der Waals surface area contributed by atoms with Gasteiger partial charge >= 0.3 is 17.9 Å². The van der Waals surface area contributed by atoms with Crippen LogP contribution < -0.4 is 0 Å². The van der Waals surface area contributed by atoms with Gasteiger partial charge in [-0.05, 0) is 25.2 Å². The van der Waals surface area contributed by atoms with E-state index in [0.29, 0.717) is 19.3 Å². The lowest BCUT2D eigenvalue weighted by molar-refractivity contribution is -0.167. The Kier molecular flexibility index (Phi) is 50.1. The van der Waals surface area contributed by atoms with E-state index in [1.54, 1.807) is 0 Å². The molecule has 63 heavy (non-hydrogen) atoms. The van der Waals surface area contributed by atoms with Gasteiger partial charge in [0.25, 0.3) is 0 Å². The quantitative estimate of drug-likeness (QED) is 0.0344. The van der Waals surface area contributed by atoms with Crippen molar-refractivity contribution in [1.29, 1.82) is 0 Å². The molecule has 2 atom stereocenters. The zero-order valence-electron chi connectivity index (χ0n) is 43.0. The third-order valence-corrected chi connectivity index (χ3v) is 13.4.